The van der Waals surface area contributed by atoms with Crippen LogP contribution in [0.25, 0.3) is 0 Å². The third kappa shape index (κ3) is 2.17. The van der Waals surface area contributed by atoms with Crippen LogP contribution in [0.15, 0.2) is 30.3 Å². The number of hydrogen-bond donors (Lipinski definition) is 5. The number of ether oxygens (including phenoxy) is 1. The highest BCUT2D eigenvalue weighted by molar-refractivity contribution is 5.53. The summed E-state index contributed by atoms with van der Waals surface area (Å²) in [5, 5.41) is 48.9. The van der Waals surface area contributed by atoms with Gasteiger partial charge in [0.2, 0.25) is 0 Å². The quantitative estimate of drug-likeness (QED) is 0.516. The predicted molar refractivity (Wildman–Crippen MR) is 77.3 cm³/mol. The summed E-state index contributed by atoms with van der Waals surface area (Å²) in [5.74, 6) is -1.04. The zero-order valence-corrected chi connectivity index (χ0v) is 11.8. The number of phenolic OH excluding ortho intramolecular Hbond substituents is 4. The van der Waals surface area contributed by atoms with Crippen molar-refractivity contribution in [2.75, 3.05) is 0 Å². The molecular formula is C16H16O6. The second-order valence-corrected chi connectivity index (χ2v) is 5.44. The Balaban J connectivity index is 2.06. The van der Waals surface area contributed by atoms with Gasteiger partial charge in [0.15, 0.2) is 17.6 Å². The van der Waals surface area contributed by atoms with Crippen LogP contribution in [0.4, 0.5) is 0 Å². The third-order valence-corrected chi connectivity index (χ3v) is 3.96. The molecule has 0 bridgehead atoms. The average molecular weight is 304 g/mol. The van der Waals surface area contributed by atoms with Gasteiger partial charge in [-0.05, 0) is 17.7 Å². The van der Waals surface area contributed by atoms with Crippen LogP contribution in [0, 0.1) is 0 Å². The Morgan fingerprint density at radius 1 is 0.909 bits per heavy atom. The zero-order valence-electron chi connectivity index (χ0n) is 11.8. The molecule has 0 fully saturated rings. The fourth-order valence-electron chi connectivity index (χ4n) is 2.78. The van der Waals surface area contributed by atoms with E-state index < -0.39 is 18.1 Å². The number of aromatic hydroxyl groups is 4. The summed E-state index contributed by atoms with van der Waals surface area (Å²) in [6.07, 6.45) is -1.76. The normalized spacial score (nSPS) is 23.6. The molecule has 6 nitrogen and oxygen atoms in total. The van der Waals surface area contributed by atoms with E-state index >= 15 is 0 Å². The molecule has 0 spiro atoms. The Morgan fingerprint density at radius 2 is 1.64 bits per heavy atom. The standard InChI is InChI=1S/C16H16O6/c1-7-14-12(20)5-9(17)6-13(14)22-16(15(7)21)8-2-3-10(18)11(19)4-8/h2-7,15-21H,1H3/t7?,15-,16+/m0/s1. The van der Waals surface area contributed by atoms with Crippen molar-refractivity contribution in [3.05, 3.63) is 41.5 Å². The van der Waals surface area contributed by atoms with Crippen LogP contribution in [0.2, 0.25) is 0 Å². The highest BCUT2D eigenvalue weighted by Gasteiger charge is 2.37. The van der Waals surface area contributed by atoms with Gasteiger partial charge in [-0.1, -0.05) is 13.0 Å². The number of fused-ring (bicyclic) bond motifs is 1. The lowest BCUT2D eigenvalue weighted by Gasteiger charge is -2.35. The van der Waals surface area contributed by atoms with Crippen LogP contribution in [-0.4, -0.2) is 31.6 Å². The molecule has 3 rings (SSSR count). The molecule has 0 amide bonds. The van der Waals surface area contributed by atoms with Crippen molar-refractivity contribution in [2.24, 2.45) is 0 Å². The SMILES string of the molecule is CC1c2c(O)cc(O)cc2O[C@H](c2ccc(O)c(O)c2)[C@H]1O. The number of benzene rings is 2. The summed E-state index contributed by atoms with van der Waals surface area (Å²) in [5.41, 5.74) is 0.896. The average Bonchev–Trinajstić information content (AvgIpc) is 2.45. The van der Waals surface area contributed by atoms with E-state index in [-0.39, 0.29) is 28.7 Å². The highest BCUT2D eigenvalue weighted by atomic mass is 16.5. The Morgan fingerprint density at radius 3 is 2.32 bits per heavy atom. The minimum atomic E-state index is -0.966. The minimum Gasteiger partial charge on any atom is -0.508 e. The van der Waals surface area contributed by atoms with Gasteiger partial charge in [0.25, 0.3) is 0 Å². The predicted octanol–water partition coefficient (Wildman–Crippen LogP) is 2.11. The molecule has 0 aliphatic carbocycles. The van der Waals surface area contributed by atoms with E-state index in [4.69, 9.17) is 4.74 Å². The zero-order chi connectivity index (χ0) is 16.0. The smallest absolute Gasteiger partial charge is 0.157 e. The fourth-order valence-corrected chi connectivity index (χ4v) is 2.78. The summed E-state index contributed by atoms with van der Waals surface area (Å²) in [6.45, 7) is 1.73. The van der Waals surface area contributed by atoms with Crippen molar-refractivity contribution in [3.63, 3.8) is 0 Å². The molecule has 6 heteroatoms. The van der Waals surface area contributed by atoms with E-state index in [0.29, 0.717) is 11.1 Å². The second kappa shape index (κ2) is 4.99. The van der Waals surface area contributed by atoms with Gasteiger partial charge in [0.05, 0.1) is 0 Å². The molecule has 1 aliphatic heterocycles. The molecule has 0 radical (unpaired) electrons. The Bertz CT molecular complexity index is 727. The maximum Gasteiger partial charge on any atom is 0.157 e. The van der Waals surface area contributed by atoms with E-state index in [0.717, 1.165) is 0 Å². The number of phenols is 4. The van der Waals surface area contributed by atoms with Gasteiger partial charge in [-0.3, -0.25) is 0 Å². The number of aliphatic hydroxyl groups excluding tert-OH is 1. The highest BCUT2D eigenvalue weighted by Crippen LogP contribution is 2.48. The van der Waals surface area contributed by atoms with Gasteiger partial charge in [0, 0.05) is 23.6 Å². The van der Waals surface area contributed by atoms with Crippen LogP contribution >= 0.6 is 0 Å². The van der Waals surface area contributed by atoms with Crippen molar-refractivity contribution < 1.29 is 30.3 Å². The van der Waals surface area contributed by atoms with Gasteiger partial charge >= 0.3 is 0 Å². The number of rotatable bonds is 1. The summed E-state index contributed by atoms with van der Waals surface area (Å²) >= 11 is 0. The molecule has 116 valence electrons. The maximum atomic E-state index is 10.4. The third-order valence-electron chi connectivity index (χ3n) is 3.96. The van der Waals surface area contributed by atoms with Crippen LogP contribution < -0.4 is 4.74 Å². The largest absolute Gasteiger partial charge is 0.508 e. The molecule has 2 aromatic rings. The van der Waals surface area contributed by atoms with Crippen molar-refractivity contribution in [1.29, 1.82) is 0 Å². The first kappa shape index (κ1) is 14.3. The molecule has 0 aromatic heterocycles. The van der Waals surface area contributed by atoms with Gasteiger partial charge in [-0.2, -0.15) is 0 Å². The van der Waals surface area contributed by atoms with Crippen molar-refractivity contribution >= 4 is 0 Å². The Labute approximate surface area is 126 Å². The second-order valence-electron chi connectivity index (χ2n) is 5.44. The molecule has 2 aromatic carbocycles. The van der Waals surface area contributed by atoms with Crippen LogP contribution in [0.1, 0.15) is 30.1 Å². The van der Waals surface area contributed by atoms with Crippen molar-refractivity contribution in [3.8, 4) is 28.7 Å². The summed E-state index contributed by atoms with van der Waals surface area (Å²) < 4.78 is 5.69. The first-order chi connectivity index (χ1) is 10.4. The molecular weight excluding hydrogens is 288 g/mol. The Hall–Kier alpha value is -2.60. The molecule has 0 saturated heterocycles. The molecule has 1 heterocycles. The van der Waals surface area contributed by atoms with E-state index in [2.05, 4.69) is 0 Å². The van der Waals surface area contributed by atoms with Gasteiger partial charge in [-0.15, -0.1) is 0 Å². The van der Waals surface area contributed by atoms with E-state index in [1.165, 1.54) is 30.3 Å². The van der Waals surface area contributed by atoms with E-state index in [1.807, 2.05) is 0 Å². The Kier molecular flexibility index (Phi) is 3.26. The van der Waals surface area contributed by atoms with Crippen LogP contribution in [0.3, 0.4) is 0 Å². The first-order valence-corrected chi connectivity index (χ1v) is 6.81. The lowest BCUT2D eigenvalue weighted by atomic mass is 9.85. The number of aliphatic hydroxyl groups is 1. The van der Waals surface area contributed by atoms with E-state index in [9.17, 15) is 25.5 Å². The van der Waals surface area contributed by atoms with Crippen molar-refractivity contribution in [2.45, 2.75) is 25.0 Å². The molecule has 3 atom stereocenters. The summed E-state index contributed by atoms with van der Waals surface area (Å²) in [4.78, 5) is 0. The topological polar surface area (TPSA) is 110 Å². The summed E-state index contributed by atoms with van der Waals surface area (Å²) in [6, 6.07) is 6.70. The first-order valence-electron chi connectivity index (χ1n) is 6.81. The monoisotopic (exact) mass is 304 g/mol. The fraction of sp³-hybridized carbons (Fsp3) is 0.250. The molecule has 1 aliphatic rings. The van der Waals surface area contributed by atoms with Crippen LogP contribution in [-0.2, 0) is 0 Å². The molecule has 1 unspecified atom stereocenters. The summed E-state index contributed by atoms with van der Waals surface area (Å²) in [7, 11) is 0. The molecule has 0 saturated carbocycles. The lowest BCUT2D eigenvalue weighted by Crippen LogP contribution is -2.33. The van der Waals surface area contributed by atoms with Gasteiger partial charge in [0.1, 0.15) is 23.4 Å². The lowest BCUT2D eigenvalue weighted by molar-refractivity contribution is 0.00264. The molecule has 22 heavy (non-hydrogen) atoms. The van der Waals surface area contributed by atoms with Crippen LogP contribution in [0.5, 0.6) is 28.7 Å². The van der Waals surface area contributed by atoms with Gasteiger partial charge < -0.3 is 30.3 Å². The maximum absolute atomic E-state index is 10.4. The molecule has 5 N–H and O–H groups in total. The van der Waals surface area contributed by atoms with E-state index in [1.54, 1.807) is 6.92 Å². The van der Waals surface area contributed by atoms with Crippen molar-refractivity contribution in [1.82, 2.24) is 0 Å². The van der Waals surface area contributed by atoms with Gasteiger partial charge in [-0.25, -0.2) is 0 Å². The minimum absolute atomic E-state index is 0.145. The number of hydrogen-bond acceptors (Lipinski definition) is 6.